The van der Waals surface area contributed by atoms with E-state index in [-0.39, 0.29) is 39.7 Å². The van der Waals surface area contributed by atoms with Crippen LogP contribution in [0.4, 0.5) is 0 Å². The summed E-state index contributed by atoms with van der Waals surface area (Å²) in [5.74, 6) is 1.53. The first-order valence-electron chi connectivity index (χ1n) is 14.8. The van der Waals surface area contributed by atoms with Gasteiger partial charge in [0.2, 0.25) is 0 Å². The highest BCUT2D eigenvalue weighted by Gasteiger charge is 2.69. The number of ether oxygens (including phenoxy) is 1. The second-order valence-electron chi connectivity index (χ2n) is 15.1. The van der Waals surface area contributed by atoms with Gasteiger partial charge in [0.1, 0.15) is 6.10 Å². The molecule has 0 amide bonds. The Bertz CT molecular complexity index is 981. The van der Waals surface area contributed by atoms with Crippen molar-refractivity contribution in [2.75, 3.05) is 0 Å². The van der Waals surface area contributed by atoms with Gasteiger partial charge in [-0.05, 0) is 104 Å². The Morgan fingerprint density at radius 3 is 2.25 bits per heavy atom. The molecule has 4 fully saturated rings. The number of allylic oxidation sites excluding steroid dienone is 2. The van der Waals surface area contributed by atoms with Crippen LogP contribution in [0.15, 0.2) is 11.6 Å². The number of rotatable bonds is 2. The Morgan fingerprint density at radius 1 is 0.917 bits per heavy atom. The van der Waals surface area contributed by atoms with E-state index in [2.05, 4.69) is 54.5 Å². The molecule has 5 aliphatic carbocycles. The van der Waals surface area contributed by atoms with Crippen LogP contribution in [0.3, 0.4) is 0 Å². The highest BCUT2D eigenvalue weighted by molar-refractivity contribution is 5.76. The van der Waals surface area contributed by atoms with E-state index in [0.29, 0.717) is 23.7 Å². The van der Waals surface area contributed by atoms with Gasteiger partial charge in [-0.1, -0.05) is 60.1 Å². The predicted octanol–water partition coefficient (Wildman–Crippen LogP) is 7.66. The van der Waals surface area contributed by atoms with Crippen LogP contribution in [0.2, 0.25) is 0 Å². The van der Waals surface area contributed by atoms with E-state index < -0.39 is 11.4 Å². The zero-order valence-corrected chi connectivity index (χ0v) is 24.1. The van der Waals surface area contributed by atoms with Crippen molar-refractivity contribution in [3.05, 3.63) is 11.6 Å². The number of aliphatic carboxylic acids is 1. The summed E-state index contributed by atoms with van der Waals surface area (Å²) in [6.07, 6.45) is 11.7. The quantitative estimate of drug-likeness (QED) is 0.313. The topological polar surface area (TPSA) is 63.6 Å². The first-order valence-corrected chi connectivity index (χ1v) is 14.8. The molecule has 0 heterocycles. The zero-order chi connectivity index (χ0) is 26.5. The van der Waals surface area contributed by atoms with Gasteiger partial charge in [0, 0.05) is 12.3 Å². The Balaban J connectivity index is 1.56. The number of carboxylic acids is 1. The molecule has 0 saturated heterocycles. The molecule has 10 atom stereocenters. The van der Waals surface area contributed by atoms with Gasteiger partial charge in [-0.15, -0.1) is 0 Å². The fraction of sp³-hybridized carbons (Fsp3) is 0.875. The molecule has 202 valence electrons. The highest BCUT2D eigenvalue weighted by atomic mass is 16.5. The Kier molecular flexibility index (Phi) is 5.91. The smallest absolute Gasteiger partial charge is 0.310 e. The normalized spacial score (nSPS) is 51.5. The van der Waals surface area contributed by atoms with E-state index in [1.54, 1.807) is 6.92 Å². The minimum absolute atomic E-state index is 0.00171. The summed E-state index contributed by atoms with van der Waals surface area (Å²) in [7, 11) is 0. The number of fused-ring (bicyclic) bond motifs is 7. The van der Waals surface area contributed by atoms with Crippen molar-refractivity contribution in [1.29, 1.82) is 0 Å². The minimum Gasteiger partial charge on any atom is -0.481 e. The van der Waals surface area contributed by atoms with Crippen molar-refractivity contribution in [2.24, 2.45) is 56.7 Å². The summed E-state index contributed by atoms with van der Waals surface area (Å²) in [6.45, 7) is 18.5. The first kappa shape index (κ1) is 26.3. The third kappa shape index (κ3) is 3.17. The van der Waals surface area contributed by atoms with Crippen molar-refractivity contribution in [2.45, 2.75) is 119 Å². The Hall–Kier alpha value is -1.32. The standard InChI is InChI=1S/C32H50O4/c1-19-11-16-32(27(34)35)18-17-30(7)22(26(32)20(19)2)9-10-24-29(6)14-13-25(36-21(3)33)28(4,5)23(29)12-15-31(24,30)8/h9,19-20,23-26H,10-18H2,1-8H3,(H,34,35)/t19?,20?,23-,24+,25?,26-,29-,30+,31+,32-/m0/s1. The molecule has 4 nitrogen and oxygen atoms in total. The Labute approximate surface area is 219 Å². The fourth-order valence-corrected chi connectivity index (χ4v) is 11.2. The average Bonchev–Trinajstić information content (AvgIpc) is 2.78. The van der Waals surface area contributed by atoms with Gasteiger partial charge < -0.3 is 9.84 Å². The van der Waals surface area contributed by atoms with Crippen LogP contribution in [-0.2, 0) is 14.3 Å². The first-order chi connectivity index (χ1) is 16.6. The van der Waals surface area contributed by atoms with Gasteiger partial charge in [-0.25, -0.2) is 0 Å². The van der Waals surface area contributed by atoms with Crippen molar-refractivity contribution in [3.63, 3.8) is 0 Å². The molecule has 0 radical (unpaired) electrons. The van der Waals surface area contributed by atoms with Crippen LogP contribution in [0.5, 0.6) is 0 Å². The van der Waals surface area contributed by atoms with E-state index >= 15 is 0 Å². The van der Waals surface area contributed by atoms with Gasteiger partial charge in [-0.2, -0.15) is 0 Å². The lowest BCUT2D eigenvalue weighted by Gasteiger charge is -2.71. The lowest BCUT2D eigenvalue weighted by atomic mass is 9.33. The summed E-state index contributed by atoms with van der Waals surface area (Å²) < 4.78 is 5.88. The number of hydrogen-bond acceptors (Lipinski definition) is 3. The lowest BCUT2D eigenvalue weighted by Crippen LogP contribution is -2.65. The van der Waals surface area contributed by atoms with Gasteiger partial charge in [0.05, 0.1) is 5.41 Å². The molecule has 4 saturated carbocycles. The van der Waals surface area contributed by atoms with Gasteiger partial charge >= 0.3 is 11.9 Å². The molecule has 0 spiro atoms. The third-order valence-corrected chi connectivity index (χ3v) is 13.7. The molecule has 3 unspecified atom stereocenters. The molecular weight excluding hydrogens is 448 g/mol. The number of carbonyl (C=O) groups is 2. The van der Waals surface area contributed by atoms with E-state index in [9.17, 15) is 14.7 Å². The number of esters is 1. The summed E-state index contributed by atoms with van der Waals surface area (Å²) in [5, 5.41) is 10.6. The summed E-state index contributed by atoms with van der Waals surface area (Å²) >= 11 is 0. The molecule has 5 aliphatic rings. The summed E-state index contributed by atoms with van der Waals surface area (Å²) in [5.41, 5.74) is 1.30. The van der Waals surface area contributed by atoms with Crippen LogP contribution in [0.25, 0.3) is 0 Å². The Morgan fingerprint density at radius 2 is 1.61 bits per heavy atom. The van der Waals surface area contributed by atoms with Crippen LogP contribution in [0.1, 0.15) is 113 Å². The average molecular weight is 499 g/mol. The lowest BCUT2D eigenvalue weighted by molar-refractivity contribution is -0.214. The molecule has 36 heavy (non-hydrogen) atoms. The van der Waals surface area contributed by atoms with Crippen molar-refractivity contribution < 1.29 is 19.4 Å². The van der Waals surface area contributed by atoms with Crippen LogP contribution in [-0.4, -0.2) is 23.1 Å². The minimum atomic E-state index is -0.578. The maximum Gasteiger partial charge on any atom is 0.310 e. The molecule has 4 heteroatoms. The highest BCUT2D eigenvalue weighted by Crippen LogP contribution is 2.75. The zero-order valence-electron chi connectivity index (χ0n) is 24.1. The molecule has 0 aliphatic heterocycles. The molecule has 0 bridgehead atoms. The maximum absolute atomic E-state index is 12.9. The van der Waals surface area contributed by atoms with Gasteiger partial charge in [0.15, 0.2) is 0 Å². The molecular formula is C32H50O4. The maximum atomic E-state index is 12.9. The van der Waals surface area contributed by atoms with Gasteiger partial charge in [0.25, 0.3) is 0 Å². The molecule has 0 aromatic rings. The number of hydrogen-bond donors (Lipinski definition) is 1. The SMILES string of the molecule is CC(=O)OC1CC[C@]2(C)[C@H]3CC=C4[C@@H]5C(C)C(C)CC[C@]5(C(=O)O)CC[C@@]4(C)[C@]3(C)CC[C@H]2C1(C)C. The van der Waals surface area contributed by atoms with Crippen LogP contribution in [0, 0.1) is 56.7 Å². The number of carbonyl (C=O) groups excluding carboxylic acids is 1. The van der Waals surface area contributed by atoms with Crippen molar-refractivity contribution >= 4 is 11.9 Å². The predicted molar refractivity (Wildman–Crippen MR) is 142 cm³/mol. The van der Waals surface area contributed by atoms with E-state index in [0.717, 1.165) is 51.4 Å². The summed E-state index contributed by atoms with van der Waals surface area (Å²) in [4.78, 5) is 24.7. The molecule has 5 rings (SSSR count). The van der Waals surface area contributed by atoms with Crippen LogP contribution >= 0.6 is 0 Å². The van der Waals surface area contributed by atoms with Gasteiger partial charge in [-0.3, -0.25) is 9.59 Å². The third-order valence-electron chi connectivity index (χ3n) is 13.7. The van der Waals surface area contributed by atoms with E-state index in [4.69, 9.17) is 4.74 Å². The molecule has 0 aromatic heterocycles. The molecule has 1 N–H and O–H groups in total. The summed E-state index contributed by atoms with van der Waals surface area (Å²) in [6, 6.07) is 0. The largest absolute Gasteiger partial charge is 0.481 e. The second kappa shape index (κ2) is 8.09. The number of carboxylic acid groups (broad SMARTS) is 1. The van der Waals surface area contributed by atoms with E-state index in [1.165, 1.54) is 12.0 Å². The van der Waals surface area contributed by atoms with Crippen molar-refractivity contribution in [3.8, 4) is 0 Å². The van der Waals surface area contributed by atoms with E-state index in [1.807, 2.05) is 0 Å². The second-order valence-corrected chi connectivity index (χ2v) is 15.1. The van der Waals surface area contributed by atoms with Crippen molar-refractivity contribution in [1.82, 2.24) is 0 Å². The fourth-order valence-electron chi connectivity index (χ4n) is 11.2. The van der Waals surface area contributed by atoms with Crippen LogP contribution < -0.4 is 0 Å². The monoisotopic (exact) mass is 498 g/mol. The molecule has 0 aromatic carbocycles.